The Kier molecular flexibility index (Phi) is 3.76. The van der Waals surface area contributed by atoms with Crippen LogP contribution in [0.4, 0.5) is 0 Å². The molecule has 4 heteroatoms. The van der Waals surface area contributed by atoms with Gasteiger partial charge in [-0.3, -0.25) is 0 Å². The lowest BCUT2D eigenvalue weighted by atomic mass is 10.4. The van der Waals surface area contributed by atoms with Crippen LogP contribution in [0.5, 0.6) is 5.88 Å². The lowest BCUT2D eigenvalue weighted by Crippen LogP contribution is -2.26. The molecule has 2 aromatic carbocycles. The molecule has 1 aromatic heterocycles. The summed E-state index contributed by atoms with van der Waals surface area (Å²) in [5.74, 6) is 0.790. The summed E-state index contributed by atoms with van der Waals surface area (Å²) in [4.78, 5) is 0. The number of aryl methyl sites for hydroxylation is 1. The molecule has 106 valence electrons. The molecule has 1 heterocycles. The van der Waals surface area contributed by atoms with Gasteiger partial charge in [0.05, 0.1) is 12.9 Å². The highest BCUT2D eigenvalue weighted by Gasteiger charge is 2.42. The number of benzene rings is 2. The fourth-order valence-corrected chi connectivity index (χ4v) is 4.86. The number of hydrogen-bond acceptors (Lipinski definition) is 2. The van der Waals surface area contributed by atoms with E-state index < -0.39 is 7.49 Å². The summed E-state index contributed by atoms with van der Waals surface area (Å²) >= 11 is 0. The van der Waals surface area contributed by atoms with Crippen molar-refractivity contribution < 1.29 is 4.52 Å². The van der Waals surface area contributed by atoms with Gasteiger partial charge in [-0.2, -0.15) is 5.10 Å². The predicted octanol–water partition coefficient (Wildman–Crippen LogP) is 3.01. The van der Waals surface area contributed by atoms with E-state index in [1.54, 1.807) is 10.9 Å². The molecule has 3 nitrogen and oxygen atoms in total. The lowest BCUT2D eigenvalue weighted by Gasteiger charge is -2.21. The Morgan fingerprint density at radius 1 is 0.857 bits per heavy atom. The van der Waals surface area contributed by atoms with Crippen LogP contribution in [0.15, 0.2) is 72.9 Å². The van der Waals surface area contributed by atoms with Gasteiger partial charge in [-0.1, -0.05) is 36.4 Å². The monoisotopic (exact) mass is 297 g/mol. The van der Waals surface area contributed by atoms with Crippen molar-refractivity contribution in [1.82, 2.24) is 9.78 Å². The maximum atomic E-state index is 6.46. The summed E-state index contributed by atoms with van der Waals surface area (Å²) in [6.45, 7) is 2.20. The van der Waals surface area contributed by atoms with Crippen molar-refractivity contribution in [2.75, 3.05) is 6.66 Å². The van der Waals surface area contributed by atoms with E-state index in [9.17, 15) is 0 Å². The summed E-state index contributed by atoms with van der Waals surface area (Å²) in [5.41, 5.74) is 0. The van der Waals surface area contributed by atoms with Crippen LogP contribution in [-0.4, -0.2) is 16.4 Å². The standard InChI is InChI=1S/C17H18N2OP/c1-19-17(13-14-18-19)20-21(2,15-9-5-3-6-10-15)16-11-7-4-8-12-16/h3-14H,1-2H3/q+1. The van der Waals surface area contributed by atoms with Gasteiger partial charge in [0, 0.05) is 13.1 Å². The summed E-state index contributed by atoms with van der Waals surface area (Å²) in [7, 11) is -0.0521. The molecule has 0 aliphatic rings. The van der Waals surface area contributed by atoms with Crippen LogP contribution in [0.2, 0.25) is 0 Å². The van der Waals surface area contributed by atoms with Gasteiger partial charge in [0.2, 0.25) is 0 Å². The third kappa shape index (κ3) is 2.70. The highest BCUT2D eigenvalue weighted by atomic mass is 31.2. The van der Waals surface area contributed by atoms with Gasteiger partial charge in [-0.15, -0.1) is 0 Å². The Bertz CT molecular complexity index is 670. The van der Waals surface area contributed by atoms with Crippen molar-refractivity contribution in [3.8, 4) is 5.88 Å². The number of hydrogen-bond donors (Lipinski definition) is 0. The third-order valence-electron chi connectivity index (χ3n) is 3.55. The van der Waals surface area contributed by atoms with Crippen LogP contribution in [0.1, 0.15) is 0 Å². The van der Waals surface area contributed by atoms with Gasteiger partial charge in [-0.05, 0) is 24.3 Å². The van der Waals surface area contributed by atoms with E-state index >= 15 is 0 Å². The Morgan fingerprint density at radius 3 is 1.81 bits per heavy atom. The molecule has 0 radical (unpaired) electrons. The van der Waals surface area contributed by atoms with Crippen molar-refractivity contribution in [2.45, 2.75) is 0 Å². The Labute approximate surface area is 125 Å². The van der Waals surface area contributed by atoms with Crippen molar-refractivity contribution in [3.63, 3.8) is 0 Å². The normalized spacial score (nSPS) is 11.3. The molecule has 0 N–H and O–H groups in total. The van der Waals surface area contributed by atoms with Crippen molar-refractivity contribution in [3.05, 3.63) is 72.9 Å². The second-order valence-electron chi connectivity index (χ2n) is 4.98. The van der Waals surface area contributed by atoms with Gasteiger partial charge < -0.3 is 4.52 Å². The maximum Gasteiger partial charge on any atom is 0.263 e. The van der Waals surface area contributed by atoms with Crippen LogP contribution in [-0.2, 0) is 7.05 Å². The van der Waals surface area contributed by atoms with Gasteiger partial charge in [0.1, 0.15) is 10.6 Å². The second kappa shape index (κ2) is 5.71. The van der Waals surface area contributed by atoms with Gasteiger partial charge in [-0.25, -0.2) is 4.68 Å². The lowest BCUT2D eigenvalue weighted by molar-refractivity contribution is 0.531. The average Bonchev–Trinajstić information content (AvgIpc) is 2.94. The molecule has 0 amide bonds. The van der Waals surface area contributed by atoms with Crippen LogP contribution >= 0.6 is 7.49 Å². The maximum absolute atomic E-state index is 6.46. The van der Waals surface area contributed by atoms with E-state index in [0.29, 0.717) is 0 Å². The first-order valence-electron chi connectivity index (χ1n) is 6.85. The first-order chi connectivity index (χ1) is 10.2. The molecule has 0 aliphatic carbocycles. The summed E-state index contributed by atoms with van der Waals surface area (Å²) in [5, 5.41) is 6.64. The SMILES string of the molecule is Cn1nccc1O[P+](C)(c1ccccc1)c1ccccc1. The summed E-state index contributed by atoms with van der Waals surface area (Å²) in [6.07, 6.45) is 1.76. The van der Waals surface area contributed by atoms with E-state index in [-0.39, 0.29) is 0 Å². The first-order valence-corrected chi connectivity index (χ1v) is 9.01. The molecule has 3 rings (SSSR count). The molecular weight excluding hydrogens is 279 g/mol. The molecule has 0 atom stereocenters. The largest absolute Gasteiger partial charge is 0.321 e. The minimum atomic E-state index is -1.95. The summed E-state index contributed by atoms with van der Waals surface area (Å²) in [6, 6.07) is 22.7. The van der Waals surface area contributed by atoms with Crippen LogP contribution in [0.25, 0.3) is 0 Å². The van der Waals surface area contributed by atoms with Gasteiger partial charge >= 0.3 is 0 Å². The van der Waals surface area contributed by atoms with Crippen LogP contribution in [0.3, 0.4) is 0 Å². The number of aromatic nitrogens is 2. The van der Waals surface area contributed by atoms with Crippen molar-refractivity contribution >= 4 is 18.1 Å². The zero-order chi connectivity index (χ0) is 14.7. The predicted molar refractivity (Wildman–Crippen MR) is 88.8 cm³/mol. The average molecular weight is 297 g/mol. The Balaban J connectivity index is 2.09. The van der Waals surface area contributed by atoms with E-state index in [0.717, 1.165) is 5.88 Å². The first kappa shape index (κ1) is 13.8. The third-order valence-corrected chi connectivity index (χ3v) is 6.67. The molecule has 0 unspecified atom stereocenters. The van der Waals surface area contributed by atoms with Gasteiger partial charge in [0.25, 0.3) is 13.4 Å². The zero-order valence-electron chi connectivity index (χ0n) is 12.2. The molecule has 0 saturated carbocycles. The fourth-order valence-electron chi connectivity index (χ4n) is 2.32. The fraction of sp³-hybridized carbons (Fsp3) is 0.118. The molecule has 0 saturated heterocycles. The molecule has 0 aliphatic heterocycles. The Hall–Kier alpha value is -2.12. The molecule has 0 bridgehead atoms. The van der Waals surface area contributed by atoms with Crippen LogP contribution < -0.4 is 15.1 Å². The Morgan fingerprint density at radius 2 is 1.38 bits per heavy atom. The smallest absolute Gasteiger partial charge is 0.263 e. The zero-order valence-corrected chi connectivity index (χ0v) is 13.1. The molecule has 3 aromatic rings. The summed E-state index contributed by atoms with van der Waals surface area (Å²) < 4.78 is 8.22. The topological polar surface area (TPSA) is 27.1 Å². The highest BCUT2D eigenvalue weighted by Crippen LogP contribution is 2.53. The molecular formula is C17H18N2OP+. The van der Waals surface area contributed by atoms with E-state index in [2.05, 4.69) is 60.3 Å². The number of nitrogens with zero attached hydrogens (tertiary/aromatic N) is 2. The van der Waals surface area contributed by atoms with Gasteiger partial charge in [0.15, 0.2) is 0 Å². The minimum absolute atomic E-state index is 0.790. The van der Waals surface area contributed by atoms with Crippen LogP contribution in [0, 0.1) is 0 Å². The van der Waals surface area contributed by atoms with Crippen molar-refractivity contribution in [1.29, 1.82) is 0 Å². The van der Waals surface area contributed by atoms with E-state index in [1.165, 1.54) is 10.6 Å². The second-order valence-corrected chi connectivity index (χ2v) is 8.04. The molecule has 21 heavy (non-hydrogen) atoms. The minimum Gasteiger partial charge on any atom is -0.321 e. The van der Waals surface area contributed by atoms with E-state index in [4.69, 9.17) is 4.52 Å². The molecule has 0 spiro atoms. The molecule has 0 fully saturated rings. The van der Waals surface area contributed by atoms with Crippen molar-refractivity contribution in [2.24, 2.45) is 7.05 Å². The highest BCUT2D eigenvalue weighted by molar-refractivity contribution is 7.85. The quantitative estimate of drug-likeness (QED) is 0.692. The number of rotatable bonds is 4. The van der Waals surface area contributed by atoms with E-state index in [1.807, 2.05) is 25.2 Å².